The Hall–Kier alpha value is -1.40. The zero-order chi connectivity index (χ0) is 16.1. The first kappa shape index (κ1) is 17.0. The second kappa shape index (κ2) is 7.74. The molecule has 2 rings (SSSR count). The number of methoxy groups -OCH3 is 2. The lowest BCUT2D eigenvalue weighted by molar-refractivity contribution is -0.130. The van der Waals surface area contributed by atoms with Gasteiger partial charge in [-0.3, -0.25) is 4.79 Å². The summed E-state index contributed by atoms with van der Waals surface area (Å²) in [5, 5.41) is 3.18. The highest BCUT2D eigenvalue weighted by Gasteiger charge is 2.39. The van der Waals surface area contributed by atoms with E-state index in [1.54, 1.807) is 26.0 Å². The van der Waals surface area contributed by atoms with E-state index < -0.39 is 0 Å². The highest BCUT2D eigenvalue weighted by molar-refractivity contribution is 8.01. The summed E-state index contributed by atoms with van der Waals surface area (Å²) in [6.07, 6.45) is 0.851. The number of carbonyl (C=O) groups is 1. The number of nitrogens with zero attached hydrogens (tertiary/aromatic N) is 1. The number of benzene rings is 1. The van der Waals surface area contributed by atoms with Gasteiger partial charge < -0.3 is 19.7 Å². The van der Waals surface area contributed by atoms with E-state index in [4.69, 9.17) is 9.47 Å². The molecule has 5 nitrogen and oxygen atoms in total. The number of rotatable bonds is 7. The van der Waals surface area contributed by atoms with Crippen LogP contribution in [0.1, 0.15) is 24.3 Å². The van der Waals surface area contributed by atoms with E-state index in [1.807, 2.05) is 30.1 Å². The molecule has 0 aliphatic carbocycles. The maximum Gasteiger partial charge on any atom is 0.236 e. The van der Waals surface area contributed by atoms with Crippen molar-refractivity contribution in [3.05, 3.63) is 23.8 Å². The minimum Gasteiger partial charge on any atom is -0.493 e. The standard InChI is InChI=1S/C16H24N2O3S/c1-5-14-15(19)18(9-8-17-2)16(22-14)11-6-7-12(20-3)13(10-11)21-4/h6-7,10,14,16-17H,5,8-9H2,1-4H3/t14-,16+/m1/s1. The normalized spacial score (nSPS) is 21.3. The van der Waals surface area contributed by atoms with E-state index in [2.05, 4.69) is 12.2 Å². The van der Waals surface area contributed by atoms with Crippen LogP contribution in [0, 0.1) is 0 Å². The van der Waals surface area contributed by atoms with Gasteiger partial charge in [0, 0.05) is 13.1 Å². The second-order valence-corrected chi connectivity index (χ2v) is 6.42. The van der Waals surface area contributed by atoms with Crippen molar-refractivity contribution in [2.45, 2.75) is 24.0 Å². The molecular formula is C16H24N2O3S. The number of nitrogens with one attached hydrogen (secondary N) is 1. The minimum absolute atomic E-state index is 0.0330. The molecule has 1 aromatic carbocycles. The third-order valence-corrected chi connectivity index (χ3v) is 5.45. The minimum atomic E-state index is 0.0330. The number of hydrogen-bond donors (Lipinski definition) is 1. The molecule has 1 amide bonds. The van der Waals surface area contributed by atoms with Crippen molar-refractivity contribution < 1.29 is 14.3 Å². The van der Waals surface area contributed by atoms with Gasteiger partial charge in [0.25, 0.3) is 0 Å². The number of likely N-dealkylation sites (N-methyl/N-ethyl adjacent to an activating group) is 1. The molecule has 0 spiro atoms. The van der Waals surface area contributed by atoms with Gasteiger partial charge >= 0.3 is 0 Å². The van der Waals surface area contributed by atoms with Gasteiger partial charge in [-0.15, -0.1) is 11.8 Å². The summed E-state index contributed by atoms with van der Waals surface area (Å²) >= 11 is 1.72. The summed E-state index contributed by atoms with van der Waals surface area (Å²) in [5.74, 6) is 1.62. The molecule has 1 aromatic rings. The number of hydrogen-bond acceptors (Lipinski definition) is 5. The van der Waals surface area contributed by atoms with Gasteiger partial charge in [-0.2, -0.15) is 0 Å². The predicted octanol–water partition coefficient (Wildman–Crippen LogP) is 2.28. The molecule has 1 heterocycles. The average molecular weight is 324 g/mol. The molecule has 1 aliphatic rings. The molecule has 6 heteroatoms. The van der Waals surface area contributed by atoms with Gasteiger partial charge in [-0.05, 0) is 31.2 Å². The lowest BCUT2D eigenvalue weighted by atomic mass is 10.1. The Labute approximate surface area is 136 Å². The van der Waals surface area contributed by atoms with Crippen LogP contribution < -0.4 is 14.8 Å². The van der Waals surface area contributed by atoms with Crippen LogP contribution >= 0.6 is 11.8 Å². The molecule has 1 N–H and O–H groups in total. The fourth-order valence-corrected chi connectivity index (χ4v) is 4.00. The fraction of sp³-hybridized carbons (Fsp3) is 0.562. The van der Waals surface area contributed by atoms with E-state index in [0.29, 0.717) is 18.0 Å². The maximum atomic E-state index is 12.5. The molecule has 0 unspecified atom stereocenters. The van der Waals surface area contributed by atoms with E-state index in [1.165, 1.54) is 0 Å². The Bertz CT molecular complexity index is 524. The summed E-state index contributed by atoms with van der Waals surface area (Å²) in [5.41, 5.74) is 1.07. The summed E-state index contributed by atoms with van der Waals surface area (Å²) in [6, 6.07) is 5.87. The molecule has 122 valence electrons. The van der Waals surface area contributed by atoms with Gasteiger partial charge in [0.1, 0.15) is 5.37 Å². The Kier molecular flexibility index (Phi) is 5.97. The molecule has 22 heavy (non-hydrogen) atoms. The Morgan fingerprint density at radius 1 is 1.27 bits per heavy atom. The van der Waals surface area contributed by atoms with Crippen molar-refractivity contribution in [3.63, 3.8) is 0 Å². The van der Waals surface area contributed by atoms with E-state index >= 15 is 0 Å². The lowest BCUT2D eigenvalue weighted by Gasteiger charge is -2.24. The smallest absolute Gasteiger partial charge is 0.236 e. The summed E-state index contributed by atoms with van der Waals surface area (Å²) in [7, 11) is 5.15. The van der Waals surface area contributed by atoms with Crippen LogP contribution in [0.5, 0.6) is 11.5 Å². The SMILES string of the molecule is CC[C@H]1S[C@@H](c2ccc(OC)c(OC)c2)N(CCNC)C1=O. The first-order chi connectivity index (χ1) is 10.7. The maximum absolute atomic E-state index is 12.5. The van der Waals surface area contributed by atoms with Gasteiger partial charge in [0.15, 0.2) is 11.5 Å². The van der Waals surface area contributed by atoms with Crippen LogP contribution in [0.2, 0.25) is 0 Å². The molecule has 0 aromatic heterocycles. The van der Waals surface area contributed by atoms with Gasteiger partial charge in [0.05, 0.1) is 19.5 Å². The third kappa shape index (κ3) is 3.33. The van der Waals surface area contributed by atoms with Crippen LogP contribution in [0.25, 0.3) is 0 Å². The van der Waals surface area contributed by atoms with Crippen molar-refractivity contribution >= 4 is 17.7 Å². The van der Waals surface area contributed by atoms with Crippen molar-refractivity contribution in [3.8, 4) is 11.5 Å². The van der Waals surface area contributed by atoms with E-state index in [9.17, 15) is 4.79 Å². The summed E-state index contributed by atoms with van der Waals surface area (Å²) in [6.45, 7) is 3.55. The third-order valence-electron chi connectivity index (χ3n) is 3.80. The highest BCUT2D eigenvalue weighted by Crippen LogP contribution is 2.45. The first-order valence-electron chi connectivity index (χ1n) is 7.48. The predicted molar refractivity (Wildman–Crippen MR) is 89.6 cm³/mol. The van der Waals surface area contributed by atoms with Gasteiger partial charge in [-0.25, -0.2) is 0 Å². The van der Waals surface area contributed by atoms with E-state index in [-0.39, 0.29) is 16.5 Å². The monoisotopic (exact) mass is 324 g/mol. The van der Waals surface area contributed by atoms with E-state index in [0.717, 1.165) is 18.5 Å². The van der Waals surface area contributed by atoms with Crippen LogP contribution in [0.15, 0.2) is 18.2 Å². The molecule has 0 saturated carbocycles. The van der Waals surface area contributed by atoms with Crippen LogP contribution in [-0.2, 0) is 4.79 Å². The summed E-state index contributed by atoms with van der Waals surface area (Å²) in [4.78, 5) is 14.5. The Morgan fingerprint density at radius 3 is 2.59 bits per heavy atom. The summed E-state index contributed by atoms with van der Waals surface area (Å²) < 4.78 is 10.7. The molecule has 1 aliphatic heterocycles. The van der Waals surface area contributed by atoms with Crippen molar-refractivity contribution in [2.24, 2.45) is 0 Å². The molecule has 0 radical (unpaired) electrons. The average Bonchev–Trinajstić information content (AvgIpc) is 2.88. The number of amides is 1. The zero-order valence-electron chi connectivity index (χ0n) is 13.6. The Balaban J connectivity index is 2.29. The zero-order valence-corrected chi connectivity index (χ0v) is 14.4. The lowest BCUT2D eigenvalue weighted by Crippen LogP contribution is -2.35. The van der Waals surface area contributed by atoms with Crippen molar-refractivity contribution in [1.29, 1.82) is 0 Å². The molecule has 1 fully saturated rings. The molecule has 2 atom stereocenters. The molecular weight excluding hydrogens is 300 g/mol. The Morgan fingerprint density at radius 2 is 2.00 bits per heavy atom. The van der Waals surface area contributed by atoms with Crippen LogP contribution in [0.4, 0.5) is 0 Å². The largest absolute Gasteiger partial charge is 0.493 e. The van der Waals surface area contributed by atoms with Crippen molar-refractivity contribution in [1.82, 2.24) is 10.2 Å². The van der Waals surface area contributed by atoms with Crippen molar-refractivity contribution in [2.75, 3.05) is 34.4 Å². The quantitative estimate of drug-likeness (QED) is 0.834. The highest BCUT2D eigenvalue weighted by atomic mass is 32.2. The van der Waals surface area contributed by atoms with Crippen LogP contribution in [0.3, 0.4) is 0 Å². The number of carbonyl (C=O) groups excluding carboxylic acids is 1. The molecule has 1 saturated heterocycles. The van der Waals surface area contributed by atoms with Crippen LogP contribution in [-0.4, -0.2) is 50.4 Å². The second-order valence-electron chi connectivity index (χ2n) is 5.13. The van der Waals surface area contributed by atoms with Gasteiger partial charge in [-0.1, -0.05) is 13.0 Å². The molecule has 0 bridgehead atoms. The van der Waals surface area contributed by atoms with Gasteiger partial charge in [0.2, 0.25) is 5.91 Å². The fourth-order valence-electron chi connectivity index (χ4n) is 2.58. The topological polar surface area (TPSA) is 50.8 Å². The first-order valence-corrected chi connectivity index (χ1v) is 8.43. The number of thioether (sulfide) groups is 1. The number of ether oxygens (including phenoxy) is 2.